The van der Waals surface area contributed by atoms with Crippen molar-refractivity contribution in [3.63, 3.8) is 0 Å². The fourth-order valence-electron chi connectivity index (χ4n) is 3.34. The van der Waals surface area contributed by atoms with Crippen LogP contribution in [0.1, 0.15) is 18.9 Å². The molecule has 3 aromatic carbocycles. The lowest BCUT2D eigenvalue weighted by Gasteiger charge is -2.11. The van der Waals surface area contributed by atoms with Gasteiger partial charge in [-0.25, -0.2) is 4.98 Å². The molecule has 0 fully saturated rings. The van der Waals surface area contributed by atoms with Gasteiger partial charge in [-0.2, -0.15) is 0 Å². The third-order valence-corrected chi connectivity index (χ3v) is 4.81. The summed E-state index contributed by atoms with van der Waals surface area (Å²) in [5, 5.41) is 0. The monoisotopic (exact) mass is 356 g/mol. The minimum absolute atomic E-state index is 0.687. The first-order valence-corrected chi connectivity index (χ1v) is 9.57. The van der Waals surface area contributed by atoms with Gasteiger partial charge in [-0.1, -0.05) is 61.5 Å². The average Bonchev–Trinajstić information content (AvgIpc) is 3.11. The highest BCUT2D eigenvalue weighted by Gasteiger charge is 2.11. The summed E-state index contributed by atoms with van der Waals surface area (Å²) in [6.45, 7) is 3.72. The minimum Gasteiger partial charge on any atom is -0.494 e. The summed E-state index contributed by atoms with van der Waals surface area (Å²) in [6.07, 6.45) is 1.98. The molecule has 0 saturated carbocycles. The van der Waals surface area contributed by atoms with Gasteiger partial charge in [-0.15, -0.1) is 0 Å². The molecule has 0 radical (unpaired) electrons. The van der Waals surface area contributed by atoms with Crippen LogP contribution in [0.25, 0.3) is 22.4 Å². The lowest BCUT2D eigenvalue weighted by atomic mass is 10.2. The lowest BCUT2D eigenvalue weighted by molar-refractivity contribution is 0.303. The Morgan fingerprint density at radius 1 is 0.852 bits per heavy atom. The Bertz CT molecular complexity index is 1000. The van der Waals surface area contributed by atoms with Gasteiger partial charge in [0.2, 0.25) is 0 Å². The molecular weight excluding hydrogens is 332 g/mol. The number of ether oxygens (including phenoxy) is 1. The first-order valence-electron chi connectivity index (χ1n) is 9.57. The predicted molar refractivity (Wildman–Crippen MR) is 111 cm³/mol. The molecule has 0 aliphatic heterocycles. The number of benzene rings is 3. The maximum Gasteiger partial charge on any atom is 0.141 e. The fraction of sp³-hybridized carbons (Fsp3) is 0.208. The highest BCUT2D eigenvalue weighted by Crippen LogP contribution is 2.25. The first kappa shape index (κ1) is 17.3. The van der Waals surface area contributed by atoms with Gasteiger partial charge in [0.1, 0.15) is 11.6 Å². The van der Waals surface area contributed by atoms with Crippen LogP contribution in [0.4, 0.5) is 0 Å². The van der Waals surface area contributed by atoms with E-state index in [9.17, 15) is 0 Å². The van der Waals surface area contributed by atoms with Crippen molar-refractivity contribution in [3.8, 4) is 17.1 Å². The third-order valence-electron chi connectivity index (χ3n) is 4.81. The summed E-state index contributed by atoms with van der Waals surface area (Å²) in [6, 6.07) is 27.1. The van der Waals surface area contributed by atoms with Gasteiger partial charge in [0.05, 0.1) is 17.6 Å². The molecule has 0 unspecified atom stereocenters. The molecule has 4 rings (SSSR count). The van der Waals surface area contributed by atoms with Gasteiger partial charge in [-0.3, -0.25) is 0 Å². The van der Waals surface area contributed by atoms with Gasteiger partial charge >= 0.3 is 0 Å². The summed E-state index contributed by atoms with van der Waals surface area (Å²) in [7, 11) is 0. The van der Waals surface area contributed by atoms with E-state index in [-0.39, 0.29) is 0 Å². The minimum atomic E-state index is 0.687. The molecule has 4 aromatic rings. The Kier molecular flexibility index (Phi) is 5.20. The van der Waals surface area contributed by atoms with Gasteiger partial charge in [0.15, 0.2) is 0 Å². The molecule has 1 heterocycles. The van der Waals surface area contributed by atoms with Crippen LogP contribution < -0.4 is 4.74 Å². The average molecular weight is 356 g/mol. The van der Waals surface area contributed by atoms with Crippen LogP contribution in [-0.2, 0) is 13.0 Å². The molecule has 0 N–H and O–H groups in total. The van der Waals surface area contributed by atoms with Crippen LogP contribution in [-0.4, -0.2) is 16.2 Å². The lowest BCUT2D eigenvalue weighted by Crippen LogP contribution is -2.06. The smallest absolute Gasteiger partial charge is 0.141 e. The molecule has 0 spiro atoms. The zero-order valence-corrected chi connectivity index (χ0v) is 15.6. The van der Waals surface area contributed by atoms with Crippen molar-refractivity contribution in [3.05, 3.63) is 84.4 Å². The summed E-state index contributed by atoms with van der Waals surface area (Å²) in [4.78, 5) is 4.86. The molecule has 1 aromatic heterocycles. The number of para-hydroxylation sites is 2. The van der Waals surface area contributed by atoms with E-state index in [0.29, 0.717) is 6.61 Å². The molecule has 136 valence electrons. The normalized spacial score (nSPS) is 11.0. The number of imidazole rings is 1. The molecule has 3 nitrogen and oxygen atoms in total. The van der Waals surface area contributed by atoms with Crippen molar-refractivity contribution in [2.45, 2.75) is 26.3 Å². The van der Waals surface area contributed by atoms with Crippen molar-refractivity contribution in [1.29, 1.82) is 0 Å². The molecule has 0 bridgehead atoms. The summed E-state index contributed by atoms with van der Waals surface area (Å²) < 4.78 is 8.23. The molecular formula is C24H24N2O. The molecule has 0 atom stereocenters. The van der Waals surface area contributed by atoms with Crippen LogP contribution >= 0.6 is 0 Å². The van der Waals surface area contributed by atoms with E-state index in [1.165, 1.54) is 11.1 Å². The van der Waals surface area contributed by atoms with E-state index in [1.54, 1.807) is 0 Å². The quantitative estimate of drug-likeness (QED) is 0.395. The zero-order valence-electron chi connectivity index (χ0n) is 15.6. The van der Waals surface area contributed by atoms with Crippen molar-refractivity contribution in [2.24, 2.45) is 0 Å². The van der Waals surface area contributed by atoms with Gasteiger partial charge in [-0.05, 0) is 42.7 Å². The van der Waals surface area contributed by atoms with E-state index in [1.807, 2.05) is 12.1 Å². The van der Waals surface area contributed by atoms with E-state index in [0.717, 1.165) is 42.0 Å². The second kappa shape index (κ2) is 8.09. The number of rotatable bonds is 7. The van der Waals surface area contributed by atoms with Gasteiger partial charge in [0.25, 0.3) is 0 Å². The molecule has 0 amide bonds. The molecule has 27 heavy (non-hydrogen) atoms. The Morgan fingerprint density at radius 2 is 1.59 bits per heavy atom. The Hall–Kier alpha value is -3.07. The van der Waals surface area contributed by atoms with E-state index >= 15 is 0 Å². The van der Waals surface area contributed by atoms with Crippen LogP contribution in [0.15, 0.2) is 78.9 Å². The Morgan fingerprint density at radius 3 is 2.37 bits per heavy atom. The number of hydrogen-bond acceptors (Lipinski definition) is 2. The maximum atomic E-state index is 5.93. The van der Waals surface area contributed by atoms with E-state index < -0.39 is 0 Å². The van der Waals surface area contributed by atoms with E-state index in [2.05, 4.69) is 78.2 Å². The highest BCUT2D eigenvalue weighted by molar-refractivity contribution is 5.80. The molecule has 0 aliphatic carbocycles. The Labute approximate surface area is 160 Å². The zero-order chi connectivity index (χ0) is 18.5. The van der Waals surface area contributed by atoms with Crippen LogP contribution in [0.2, 0.25) is 0 Å². The van der Waals surface area contributed by atoms with Crippen molar-refractivity contribution >= 4 is 11.0 Å². The number of nitrogens with zero attached hydrogens (tertiary/aromatic N) is 2. The SMILES string of the molecule is CCc1ccc(OCCCn2c(-c3ccccc3)nc3ccccc32)cc1. The van der Waals surface area contributed by atoms with Crippen LogP contribution in [0.5, 0.6) is 5.75 Å². The number of hydrogen-bond donors (Lipinski definition) is 0. The number of aromatic nitrogens is 2. The topological polar surface area (TPSA) is 27.1 Å². The standard InChI is InChI=1S/C24H24N2O/c1-2-19-13-15-21(16-14-19)27-18-8-17-26-23-12-7-6-11-22(23)25-24(26)20-9-4-3-5-10-20/h3-7,9-16H,2,8,17-18H2,1H3. The van der Waals surface area contributed by atoms with E-state index in [4.69, 9.17) is 9.72 Å². The number of fused-ring (bicyclic) bond motifs is 1. The third kappa shape index (κ3) is 3.87. The molecule has 0 aliphatic rings. The largest absolute Gasteiger partial charge is 0.494 e. The van der Waals surface area contributed by atoms with Crippen LogP contribution in [0, 0.1) is 0 Å². The summed E-state index contributed by atoms with van der Waals surface area (Å²) >= 11 is 0. The Balaban J connectivity index is 1.49. The van der Waals surface area contributed by atoms with Crippen molar-refractivity contribution in [2.75, 3.05) is 6.61 Å². The second-order valence-electron chi connectivity index (χ2n) is 6.64. The highest BCUT2D eigenvalue weighted by atomic mass is 16.5. The molecule has 0 saturated heterocycles. The predicted octanol–water partition coefficient (Wildman–Crippen LogP) is 5.73. The van der Waals surface area contributed by atoms with Crippen molar-refractivity contribution in [1.82, 2.24) is 9.55 Å². The molecule has 3 heteroatoms. The van der Waals surface area contributed by atoms with Crippen molar-refractivity contribution < 1.29 is 4.74 Å². The number of aryl methyl sites for hydroxylation is 2. The first-order chi connectivity index (χ1) is 13.3. The summed E-state index contributed by atoms with van der Waals surface area (Å²) in [5.74, 6) is 1.95. The van der Waals surface area contributed by atoms with Gasteiger partial charge < -0.3 is 9.30 Å². The fourth-order valence-corrected chi connectivity index (χ4v) is 3.34. The maximum absolute atomic E-state index is 5.93. The second-order valence-corrected chi connectivity index (χ2v) is 6.64. The summed E-state index contributed by atoms with van der Waals surface area (Å²) in [5.41, 5.74) is 4.68. The van der Waals surface area contributed by atoms with Crippen LogP contribution in [0.3, 0.4) is 0 Å². The van der Waals surface area contributed by atoms with Gasteiger partial charge in [0, 0.05) is 12.1 Å².